The Bertz CT molecular complexity index is 815. The minimum absolute atomic E-state index is 0.0778. The standard InChI is InChI=1S/C25H34ClFO7/c1-2-3-23(25(30)31)33-12-15-4-6-21-20(22(29)11-24(21)34-13-15)7-5-18(28)14-32-19-9-16(26)8-17(27)10-19/h5,7-10,15,18,20-24,28-29H,2-4,6,11-14H2,1H3,(H,30,31)/b7-5+/t15-,18+,20+,21+,22+,23?,24-/m0/s1. The van der Waals surface area contributed by atoms with E-state index in [1.807, 2.05) is 13.0 Å². The molecule has 1 aliphatic heterocycles. The Balaban J connectivity index is 1.51. The number of carboxylic acids is 1. The van der Waals surface area contributed by atoms with Crippen molar-refractivity contribution < 1.29 is 38.7 Å². The molecule has 0 spiro atoms. The SMILES string of the molecule is CCCC(OC[C@@H]1CC[C@@H]2[C@@H](/C=C/[C@@H](O)COc3cc(F)cc(Cl)c3)[C@H](O)C[C@@H]2OC1)C(=O)O. The minimum atomic E-state index is -0.940. The van der Waals surface area contributed by atoms with Gasteiger partial charge in [-0.1, -0.05) is 37.1 Å². The molecule has 3 rings (SSSR count). The Morgan fingerprint density at radius 3 is 2.85 bits per heavy atom. The van der Waals surface area contributed by atoms with E-state index in [1.165, 1.54) is 18.2 Å². The number of aliphatic hydroxyl groups excluding tert-OH is 2. The van der Waals surface area contributed by atoms with Crippen LogP contribution < -0.4 is 4.74 Å². The zero-order chi connectivity index (χ0) is 24.7. The maximum absolute atomic E-state index is 13.4. The summed E-state index contributed by atoms with van der Waals surface area (Å²) in [5, 5.41) is 30.3. The average Bonchev–Trinajstić information content (AvgIpc) is 2.94. The van der Waals surface area contributed by atoms with Crippen molar-refractivity contribution in [2.75, 3.05) is 19.8 Å². The van der Waals surface area contributed by atoms with Crippen LogP contribution in [0.25, 0.3) is 0 Å². The van der Waals surface area contributed by atoms with Crippen molar-refractivity contribution in [2.45, 2.75) is 63.4 Å². The van der Waals surface area contributed by atoms with Gasteiger partial charge in [0, 0.05) is 29.3 Å². The van der Waals surface area contributed by atoms with Crippen LogP contribution in [0.2, 0.25) is 5.02 Å². The predicted molar refractivity (Wildman–Crippen MR) is 124 cm³/mol. The number of rotatable bonds is 11. The first-order chi connectivity index (χ1) is 16.3. The topological polar surface area (TPSA) is 105 Å². The highest BCUT2D eigenvalue weighted by Crippen LogP contribution is 2.41. The van der Waals surface area contributed by atoms with Crippen molar-refractivity contribution in [2.24, 2.45) is 17.8 Å². The highest BCUT2D eigenvalue weighted by molar-refractivity contribution is 6.30. The number of carboxylic acid groups (broad SMARTS) is 1. The second-order valence-electron chi connectivity index (χ2n) is 9.18. The van der Waals surface area contributed by atoms with Gasteiger partial charge in [-0.05, 0) is 37.3 Å². The van der Waals surface area contributed by atoms with E-state index in [4.69, 9.17) is 25.8 Å². The molecule has 1 heterocycles. The van der Waals surface area contributed by atoms with E-state index in [-0.39, 0.29) is 41.2 Å². The highest BCUT2D eigenvalue weighted by atomic mass is 35.5. The molecule has 2 aliphatic rings. The molecule has 2 fully saturated rings. The summed E-state index contributed by atoms with van der Waals surface area (Å²) < 4.78 is 30.5. The first kappa shape index (κ1) is 26.9. The van der Waals surface area contributed by atoms with Crippen molar-refractivity contribution >= 4 is 17.6 Å². The van der Waals surface area contributed by atoms with Gasteiger partial charge in [0.05, 0.1) is 25.4 Å². The van der Waals surface area contributed by atoms with Crippen LogP contribution in [-0.2, 0) is 14.3 Å². The van der Waals surface area contributed by atoms with E-state index < -0.39 is 30.1 Å². The van der Waals surface area contributed by atoms with Crippen molar-refractivity contribution in [1.82, 2.24) is 0 Å². The molecule has 3 N–H and O–H groups in total. The summed E-state index contributed by atoms with van der Waals surface area (Å²) in [5.74, 6) is -1.21. The Labute approximate surface area is 204 Å². The van der Waals surface area contributed by atoms with Crippen molar-refractivity contribution in [3.63, 3.8) is 0 Å². The third-order valence-corrected chi connectivity index (χ3v) is 6.73. The molecule has 34 heavy (non-hydrogen) atoms. The molecule has 1 aromatic rings. The maximum atomic E-state index is 13.4. The predicted octanol–water partition coefficient (Wildman–Crippen LogP) is 3.84. The average molecular weight is 501 g/mol. The van der Waals surface area contributed by atoms with E-state index in [9.17, 15) is 24.5 Å². The van der Waals surface area contributed by atoms with Gasteiger partial charge in [0.15, 0.2) is 6.10 Å². The van der Waals surface area contributed by atoms with Gasteiger partial charge in [-0.25, -0.2) is 9.18 Å². The first-order valence-electron chi connectivity index (χ1n) is 11.9. The van der Waals surface area contributed by atoms with Gasteiger partial charge in [-0.3, -0.25) is 0 Å². The van der Waals surface area contributed by atoms with E-state index in [1.54, 1.807) is 6.08 Å². The second kappa shape index (κ2) is 12.8. The van der Waals surface area contributed by atoms with Crippen molar-refractivity contribution in [3.8, 4) is 5.75 Å². The normalized spacial score (nSPS) is 28.9. The summed E-state index contributed by atoms with van der Waals surface area (Å²) in [5.41, 5.74) is 0. The van der Waals surface area contributed by atoms with E-state index >= 15 is 0 Å². The van der Waals surface area contributed by atoms with Crippen LogP contribution in [0.4, 0.5) is 4.39 Å². The van der Waals surface area contributed by atoms with Gasteiger partial charge in [-0.15, -0.1) is 0 Å². The van der Waals surface area contributed by atoms with Crippen molar-refractivity contribution in [1.29, 1.82) is 0 Å². The summed E-state index contributed by atoms with van der Waals surface area (Å²) in [6.07, 6.45) is 4.34. The fraction of sp³-hybridized carbons (Fsp3) is 0.640. The van der Waals surface area contributed by atoms with E-state index in [2.05, 4.69) is 0 Å². The molecule has 1 aliphatic carbocycles. The molecular weight excluding hydrogens is 467 g/mol. The molecule has 190 valence electrons. The molecular formula is C25H34ClFO7. The Morgan fingerprint density at radius 2 is 2.15 bits per heavy atom. The van der Waals surface area contributed by atoms with Crippen LogP contribution >= 0.6 is 11.6 Å². The lowest BCUT2D eigenvalue weighted by atomic mass is 9.87. The fourth-order valence-corrected chi connectivity index (χ4v) is 4.96. The van der Waals surface area contributed by atoms with Gasteiger partial charge in [-0.2, -0.15) is 0 Å². The summed E-state index contributed by atoms with van der Waals surface area (Å²) in [6, 6.07) is 3.83. The maximum Gasteiger partial charge on any atom is 0.332 e. The van der Waals surface area contributed by atoms with Gasteiger partial charge >= 0.3 is 5.97 Å². The number of hydrogen-bond acceptors (Lipinski definition) is 6. The number of carbonyl (C=O) groups is 1. The number of fused-ring (bicyclic) bond motifs is 1. The zero-order valence-corrected chi connectivity index (χ0v) is 20.1. The molecule has 7 nitrogen and oxygen atoms in total. The summed E-state index contributed by atoms with van der Waals surface area (Å²) in [7, 11) is 0. The van der Waals surface area contributed by atoms with E-state index in [0.29, 0.717) is 26.1 Å². The summed E-state index contributed by atoms with van der Waals surface area (Å²) in [4.78, 5) is 11.3. The van der Waals surface area contributed by atoms with Gasteiger partial charge < -0.3 is 29.5 Å². The molecule has 7 atom stereocenters. The summed E-state index contributed by atoms with van der Waals surface area (Å²) >= 11 is 5.81. The molecule has 0 radical (unpaired) electrons. The number of halogens is 2. The number of hydrogen-bond donors (Lipinski definition) is 3. The van der Waals surface area contributed by atoms with Crippen LogP contribution in [0.1, 0.15) is 39.0 Å². The van der Waals surface area contributed by atoms with Gasteiger partial charge in [0.1, 0.15) is 24.3 Å². The molecule has 1 unspecified atom stereocenters. The monoisotopic (exact) mass is 500 g/mol. The fourth-order valence-electron chi connectivity index (χ4n) is 4.74. The van der Waals surface area contributed by atoms with Crippen LogP contribution in [0, 0.1) is 23.6 Å². The molecule has 0 amide bonds. The van der Waals surface area contributed by atoms with Crippen LogP contribution in [0.5, 0.6) is 5.75 Å². The largest absolute Gasteiger partial charge is 0.490 e. The highest BCUT2D eigenvalue weighted by Gasteiger charge is 2.43. The molecule has 0 bridgehead atoms. The number of ether oxygens (including phenoxy) is 3. The third kappa shape index (κ3) is 7.65. The van der Waals surface area contributed by atoms with Crippen LogP contribution in [0.3, 0.4) is 0 Å². The van der Waals surface area contributed by atoms with E-state index in [0.717, 1.165) is 19.3 Å². The van der Waals surface area contributed by atoms with Crippen LogP contribution in [-0.4, -0.2) is 65.5 Å². The van der Waals surface area contributed by atoms with Crippen LogP contribution in [0.15, 0.2) is 30.4 Å². The van der Waals surface area contributed by atoms with Gasteiger partial charge in [0.25, 0.3) is 0 Å². The smallest absolute Gasteiger partial charge is 0.332 e. The lowest BCUT2D eigenvalue weighted by Gasteiger charge is -2.21. The first-order valence-corrected chi connectivity index (χ1v) is 12.2. The van der Waals surface area contributed by atoms with Crippen molar-refractivity contribution in [3.05, 3.63) is 41.2 Å². The molecule has 9 heteroatoms. The molecule has 0 aromatic heterocycles. The number of aliphatic carboxylic acids is 1. The molecule has 1 aromatic carbocycles. The minimum Gasteiger partial charge on any atom is -0.490 e. The lowest BCUT2D eigenvalue weighted by Crippen LogP contribution is -2.27. The quantitative estimate of drug-likeness (QED) is 0.396. The molecule has 1 saturated heterocycles. The second-order valence-corrected chi connectivity index (χ2v) is 9.61. The zero-order valence-electron chi connectivity index (χ0n) is 19.3. The number of benzene rings is 1. The Kier molecular flexibility index (Phi) is 10.2. The summed E-state index contributed by atoms with van der Waals surface area (Å²) in [6.45, 7) is 2.65. The molecule has 1 saturated carbocycles. The Morgan fingerprint density at radius 1 is 1.35 bits per heavy atom. The number of aliphatic hydroxyl groups is 2. The third-order valence-electron chi connectivity index (χ3n) is 6.52. The van der Waals surface area contributed by atoms with Gasteiger partial charge in [0.2, 0.25) is 0 Å². The lowest BCUT2D eigenvalue weighted by molar-refractivity contribution is -0.152. The Hall–Kier alpha value is -1.71.